The monoisotopic (exact) mass is 236 g/mol. The van der Waals surface area contributed by atoms with Gasteiger partial charge in [0.1, 0.15) is 5.75 Å². The van der Waals surface area contributed by atoms with E-state index in [9.17, 15) is 0 Å². The molecule has 0 aliphatic heterocycles. The van der Waals surface area contributed by atoms with E-state index in [-0.39, 0.29) is 6.04 Å². The van der Waals surface area contributed by atoms with Gasteiger partial charge in [-0.15, -0.1) is 0 Å². The molecule has 1 atom stereocenters. The normalized spacial score (nSPS) is 12.5. The zero-order valence-corrected chi connectivity index (χ0v) is 11.3. The van der Waals surface area contributed by atoms with Gasteiger partial charge in [-0.1, -0.05) is 6.07 Å². The Bertz CT molecular complexity index is 363. The SMILES string of the molecule is CNCCCC(N)c1ccc(OC)c(C)c1C. The van der Waals surface area contributed by atoms with Crippen molar-refractivity contribution in [3.05, 3.63) is 28.8 Å². The van der Waals surface area contributed by atoms with E-state index < -0.39 is 0 Å². The topological polar surface area (TPSA) is 47.3 Å². The number of methoxy groups -OCH3 is 1. The van der Waals surface area contributed by atoms with Gasteiger partial charge in [-0.05, 0) is 63.0 Å². The molecule has 0 radical (unpaired) electrons. The fourth-order valence-electron chi connectivity index (χ4n) is 2.09. The maximum Gasteiger partial charge on any atom is 0.122 e. The van der Waals surface area contributed by atoms with Gasteiger partial charge in [-0.3, -0.25) is 0 Å². The molecule has 0 bridgehead atoms. The highest BCUT2D eigenvalue weighted by atomic mass is 16.5. The van der Waals surface area contributed by atoms with Crippen LogP contribution in [0, 0.1) is 13.8 Å². The van der Waals surface area contributed by atoms with Crippen molar-refractivity contribution in [1.29, 1.82) is 0 Å². The van der Waals surface area contributed by atoms with Crippen LogP contribution in [0.4, 0.5) is 0 Å². The number of nitrogens with one attached hydrogen (secondary N) is 1. The third-order valence-corrected chi connectivity index (χ3v) is 3.34. The molecule has 3 nitrogen and oxygen atoms in total. The Balaban J connectivity index is 2.80. The van der Waals surface area contributed by atoms with Crippen molar-refractivity contribution < 1.29 is 4.74 Å². The molecule has 0 aliphatic carbocycles. The zero-order chi connectivity index (χ0) is 12.8. The molecular formula is C14H24N2O. The third kappa shape index (κ3) is 3.45. The van der Waals surface area contributed by atoms with E-state index in [1.165, 1.54) is 16.7 Å². The molecule has 0 spiro atoms. The molecule has 0 aliphatic rings. The molecule has 1 aromatic carbocycles. The highest BCUT2D eigenvalue weighted by molar-refractivity contribution is 5.44. The Morgan fingerprint density at radius 2 is 2.00 bits per heavy atom. The van der Waals surface area contributed by atoms with Gasteiger partial charge in [-0.25, -0.2) is 0 Å². The Morgan fingerprint density at radius 1 is 1.29 bits per heavy atom. The van der Waals surface area contributed by atoms with E-state index in [2.05, 4.69) is 25.2 Å². The summed E-state index contributed by atoms with van der Waals surface area (Å²) in [6, 6.07) is 4.22. The molecule has 0 heterocycles. The van der Waals surface area contributed by atoms with Gasteiger partial charge in [-0.2, -0.15) is 0 Å². The molecule has 96 valence electrons. The largest absolute Gasteiger partial charge is 0.496 e. The minimum Gasteiger partial charge on any atom is -0.496 e. The fraction of sp³-hybridized carbons (Fsp3) is 0.571. The molecule has 3 heteroatoms. The van der Waals surface area contributed by atoms with E-state index >= 15 is 0 Å². The number of hydrogen-bond acceptors (Lipinski definition) is 3. The van der Waals surface area contributed by atoms with Crippen molar-refractivity contribution in [2.75, 3.05) is 20.7 Å². The van der Waals surface area contributed by atoms with Crippen LogP contribution in [0.25, 0.3) is 0 Å². The van der Waals surface area contributed by atoms with Crippen LogP contribution in [0.3, 0.4) is 0 Å². The van der Waals surface area contributed by atoms with Gasteiger partial charge in [0.2, 0.25) is 0 Å². The summed E-state index contributed by atoms with van der Waals surface area (Å²) in [4.78, 5) is 0. The average Bonchev–Trinajstić information content (AvgIpc) is 2.32. The fourth-order valence-corrected chi connectivity index (χ4v) is 2.09. The molecule has 0 aromatic heterocycles. The number of benzene rings is 1. The van der Waals surface area contributed by atoms with Gasteiger partial charge < -0.3 is 15.8 Å². The Labute approximate surface area is 104 Å². The standard InChI is InChI=1S/C14H24N2O/c1-10-11(2)14(17-4)8-7-12(10)13(15)6-5-9-16-3/h7-8,13,16H,5-6,9,15H2,1-4H3. The number of nitrogens with two attached hydrogens (primary N) is 1. The van der Waals surface area contributed by atoms with Gasteiger partial charge in [0.05, 0.1) is 7.11 Å². The number of rotatable bonds is 6. The smallest absolute Gasteiger partial charge is 0.122 e. The predicted octanol–water partition coefficient (Wildman–Crippen LogP) is 2.31. The van der Waals surface area contributed by atoms with Crippen LogP contribution in [-0.2, 0) is 0 Å². The number of hydrogen-bond donors (Lipinski definition) is 2. The molecule has 0 saturated carbocycles. The molecule has 1 unspecified atom stereocenters. The summed E-state index contributed by atoms with van der Waals surface area (Å²) in [6.07, 6.45) is 2.11. The predicted molar refractivity (Wildman–Crippen MR) is 72.6 cm³/mol. The van der Waals surface area contributed by atoms with Crippen molar-refractivity contribution in [3.63, 3.8) is 0 Å². The van der Waals surface area contributed by atoms with Crippen molar-refractivity contribution in [1.82, 2.24) is 5.32 Å². The summed E-state index contributed by atoms with van der Waals surface area (Å²) in [5.41, 5.74) is 9.90. The van der Waals surface area contributed by atoms with Crippen molar-refractivity contribution >= 4 is 0 Å². The van der Waals surface area contributed by atoms with E-state index in [4.69, 9.17) is 10.5 Å². The lowest BCUT2D eigenvalue weighted by atomic mass is 9.94. The summed E-state index contributed by atoms with van der Waals surface area (Å²) in [5, 5.41) is 3.14. The van der Waals surface area contributed by atoms with Crippen LogP contribution in [0.5, 0.6) is 5.75 Å². The summed E-state index contributed by atoms with van der Waals surface area (Å²) < 4.78 is 5.31. The third-order valence-electron chi connectivity index (χ3n) is 3.34. The first-order valence-corrected chi connectivity index (χ1v) is 6.16. The van der Waals surface area contributed by atoms with E-state index in [0.717, 1.165) is 25.1 Å². The summed E-state index contributed by atoms with van der Waals surface area (Å²) >= 11 is 0. The van der Waals surface area contributed by atoms with Crippen LogP contribution in [0.15, 0.2) is 12.1 Å². The van der Waals surface area contributed by atoms with Crippen LogP contribution in [0.1, 0.15) is 35.6 Å². The molecule has 17 heavy (non-hydrogen) atoms. The van der Waals surface area contributed by atoms with Gasteiger partial charge in [0.15, 0.2) is 0 Å². The zero-order valence-electron chi connectivity index (χ0n) is 11.3. The minimum atomic E-state index is 0.118. The molecule has 0 fully saturated rings. The van der Waals surface area contributed by atoms with Crippen molar-refractivity contribution in [2.45, 2.75) is 32.7 Å². The van der Waals surface area contributed by atoms with E-state index in [1.807, 2.05) is 13.1 Å². The lowest BCUT2D eigenvalue weighted by Gasteiger charge is -2.18. The first-order chi connectivity index (χ1) is 8.11. The average molecular weight is 236 g/mol. The summed E-state index contributed by atoms with van der Waals surface area (Å²) in [6.45, 7) is 5.21. The van der Waals surface area contributed by atoms with Gasteiger partial charge in [0, 0.05) is 6.04 Å². The quantitative estimate of drug-likeness (QED) is 0.745. The lowest BCUT2D eigenvalue weighted by molar-refractivity contribution is 0.411. The molecule has 0 amide bonds. The van der Waals surface area contributed by atoms with Crippen LogP contribution < -0.4 is 15.8 Å². The Hall–Kier alpha value is -1.06. The minimum absolute atomic E-state index is 0.118. The highest BCUT2D eigenvalue weighted by Gasteiger charge is 2.12. The molecule has 1 aromatic rings. The van der Waals surface area contributed by atoms with Crippen molar-refractivity contribution in [2.24, 2.45) is 5.73 Å². The second kappa shape index (κ2) is 6.62. The Morgan fingerprint density at radius 3 is 2.59 bits per heavy atom. The van der Waals surface area contributed by atoms with Gasteiger partial charge >= 0.3 is 0 Å². The van der Waals surface area contributed by atoms with Crippen LogP contribution in [0.2, 0.25) is 0 Å². The lowest BCUT2D eigenvalue weighted by Crippen LogP contribution is -2.15. The molecule has 1 rings (SSSR count). The van der Waals surface area contributed by atoms with E-state index in [0.29, 0.717) is 0 Å². The maximum absolute atomic E-state index is 6.23. The highest BCUT2D eigenvalue weighted by Crippen LogP contribution is 2.28. The van der Waals surface area contributed by atoms with E-state index in [1.54, 1.807) is 7.11 Å². The number of ether oxygens (including phenoxy) is 1. The Kier molecular flexibility index (Phi) is 5.45. The summed E-state index contributed by atoms with van der Waals surface area (Å²) in [5.74, 6) is 0.939. The second-order valence-corrected chi connectivity index (χ2v) is 4.46. The van der Waals surface area contributed by atoms with Crippen LogP contribution in [-0.4, -0.2) is 20.7 Å². The summed E-state index contributed by atoms with van der Waals surface area (Å²) in [7, 11) is 3.67. The first kappa shape index (κ1) is 14.0. The van der Waals surface area contributed by atoms with Gasteiger partial charge in [0.25, 0.3) is 0 Å². The second-order valence-electron chi connectivity index (χ2n) is 4.46. The molecule has 0 saturated heterocycles. The maximum atomic E-state index is 6.23. The molecular weight excluding hydrogens is 212 g/mol. The van der Waals surface area contributed by atoms with Crippen molar-refractivity contribution in [3.8, 4) is 5.75 Å². The molecule has 3 N–H and O–H groups in total. The van der Waals surface area contributed by atoms with Crippen LogP contribution >= 0.6 is 0 Å². The first-order valence-electron chi connectivity index (χ1n) is 6.16.